The highest BCUT2D eigenvalue weighted by Crippen LogP contribution is 2.53. The smallest absolute Gasteiger partial charge is 0.0976 e. The van der Waals surface area contributed by atoms with Crippen LogP contribution < -0.4 is 10.7 Å². The predicted molar refractivity (Wildman–Crippen MR) is 159 cm³/mol. The molecule has 4 aromatic carbocycles. The maximum atomic E-state index is 5.37. The maximum Gasteiger partial charge on any atom is 0.0976 e. The number of hydrogen-bond acceptors (Lipinski definition) is 5. The molecule has 1 aromatic heterocycles. The first kappa shape index (κ1) is 24.5. The Bertz CT molecular complexity index is 1970. The van der Waals surface area contributed by atoms with Gasteiger partial charge in [0.05, 0.1) is 34.0 Å². The third-order valence-electron chi connectivity index (χ3n) is 8.14. The number of unbranched alkanes of at least 4 members (excludes halogenated alkanes) is 2. The van der Waals surface area contributed by atoms with E-state index in [2.05, 4.69) is 96.0 Å². The molecule has 5 nitrogen and oxygen atoms in total. The molecule has 0 unspecified atom stereocenters. The van der Waals surface area contributed by atoms with E-state index in [9.17, 15) is 0 Å². The number of rotatable bonds is 8. The number of nitrogens with zero attached hydrogens (tertiary/aromatic N) is 5. The van der Waals surface area contributed by atoms with Crippen molar-refractivity contribution < 1.29 is 0 Å². The normalized spacial score (nSPS) is 12.2. The van der Waals surface area contributed by atoms with Crippen LogP contribution in [0, 0.1) is 10.4 Å². The Kier molecular flexibility index (Phi) is 6.27. The molecular weight excluding hydrogens is 490 g/mol. The number of hydrogen-bond donors (Lipinski definition) is 0. The summed E-state index contributed by atoms with van der Waals surface area (Å²) in [6.07, 6.45) is 8.23. The van der Waals surface area contributed by atoms with E-state index in [4.69, 9.17) is 9.98 Å². The van der Waals surface area contributed by atoms with E-state index < -0.39 is 0 Å². The Balaban J connectivity index is 1.67. The lowest BCUT2D eigenvalue weighted by atomic mass is 9.80. The molecule has 0 N–H and O–H groups in total. The summed E-state index contributed by atoms with van der Waals surface area (Å²) in [4.78, 5) is 10.6. The molecule has 196 valence electrons. The van der Waals surface area contributed by atoms with Crippen molar-refractivity contribution in [3.8, 4) is 33.5 Å². The summed E-state index contributed by atoms with van der Waals surface area (Å²) in [6.45, 7) is 4.53. The van der Waals surface area contributed by atoms with Gasteiger partial charge < -0.3 is 0 Å². The molecule has 2 aliphatic heterocycles. The number of aromatic nitrogens is 3. The summed E-state index contributed by atoms with van der Waals surface area (Å²) in [6, 6.07) is 25.5. The van der Waals surface area contributed by atoms with Crippen molar-refractivity contribution in [2.75, 3.05) is 0 Å². The molecule has 0 saturated carbocycles. The maximum absolute atomic E-state index is 5.37. The Labute approximate surface area is 233 Å². The Morgan fingerprint density at radius 2 is 1.32 bits per heavy atom. The first-order valence-electron chi connectivity index (χ1n) is 14.4. The monoisotopic (exact) mass is 521 g/mol. The van der Waals surface area contributed by atoms with Gasteiger partial charge in [-0.15, -0.1) is 10.2 Å². The van der Waals surface area contributed by atoms with E-state index in [0.717, 1.165) is 88.2 Å². The second-order valence-electron chi connectivity index (χ2n) is 10.6. The van der Waals surface area contributed by atoms with Gasteiger partial charge >= 0.3 is 0 Å². The van der Waals surface area contributed by atoms with Crippen LogP contribution in [0.4, 0.5) is 11.4 Å². The predicted octanol–water partition coefficient (Wildman–Crippen LogP) is 7.37. The van der Waals surface area contributed by atoms with Crippen LogP contribution in [0.1, 0.15) is 50.7 Å². The number of para-hydroxylation sites is 1. The second kappa shape index (κ2) is 10.2. The summed E-state index contributed by atoms with van der Waals surface area (Å²) >= 11 is 0. The fourth-order valence-electron chi connectivity index (χ4n) is 6.31. The quantitative estimate of drug-likeness (QED) is 0.210. The summed E-state index contributed by atoms with van der Waals surface area (Å²) in [5, 5.41) is 17.0. The van der Waals surface area contributed by atoms with Gasteiger partial charge in [-0.2, -0.15) is 0 Å². The lowest BCUT2D eigenvalue weighted by Gasteiger charge is -2.24. The van der Waals surface area contributed by atoms with Crippen molar-refractivity contribution in [2.24, 2.45) is 9.98 Å². The molecule has 0 bridgehead atoms. The van der Waals surface area contributed by atoms with Crippen LogP contribution in [0.3, 0.4) is 0 Å². The van der Waals surface area contributed by atoms with Gasteiger partial charge in [-0.1, -0.05) is 75.2 Å². The zero-order valence-corrected chi connectivity index (χ0v) is 23.0. The molecule has 7 rings (SSSR count). The molecule has 3 heterocycles. The zero-order valence-electron chi connectivity index (χ0n) is 23.0. The number of benzene rings is 4. The van der Waals surface area contributed by atoms with Crippen LogP contribution in [0.2, 0.25) is 0 Å². The Hall–Kier alpha value is -4.51. The van der Waals surface area contributed by atoms with Crippen LogP contribution in [0.25, 0.3) is 33.5 Å². The molecule has 0 saturated heterocycles. The third kappa shape index (κ3) is 3.88. The summed E-state index contributed by atoms with van der Waals surface area (Å²) in [7, 11) is 0. The van der Waals surface area contributed by atoms with Crippen molar-refractivity contribution in [3.63, 3.8) is 0 Å². The molecule has 40 heavy (non-hydrogen) atoms. The van der Waals surface area contributed by atoms with Crippen LogP contribution in [0.5, 0.6) is 0 Å². The minimum atomic E-state index is 0.820. The molecule has 2 aliphatic rings. The Morgan fingerprint density at radius 3 is 2.10 bits per heavy atom. The molecule has 5 heteroatoms. The molecular formula is C35H31N5. The SMILES string of the molecule is CCCCc1c(CCCC)c(-c2ccccc2)c(-c2ccnnn2)c2c1N=c1ccc3c(c1-2)N=c1ccccc1=3. The van der Waals surface area contributed by atoms with Crippen molar-refractivity contribution in [1.29, 1.82) is 0 Å². The first-order valence-corrected chi connectivity index (χ1v) is 14.4. The molecule has 0 aliphatic carbocycles. The average molecular weight is 522 g/mol. The molecule has 0 fully saturated rings. The highest BCUT2D eigenvalue weighted by molar-refractivity contribution is 6.05. The van der Waals surface area contributed by atoms with E-state index in [0.29, 0.717) is 0 Å². The van der Waals surface area contributed by atoms with E-state index >= 15 is 0 Å². The van der Waals surface area contributed by atoms with Crippen molar-refractivity contribution in [2.45, 2.75) is 52.4 Å². The highest BCUT2D eigenvalue weighted by Gasteiger charge is 2.32. The van der Waals surface area contributed by atoms with Gasteiger partial charge in [0, 0.05) is 27.1 Å². The van der Waals surface area contributed by atoms with Crippen LogP contribution >= 0.6 is 0 Å². The highest BCUT2D eigenvalue weighted by atomic mass is 15.3. The molecule has 0 radical (unpaired) electrons. The van der Waals surface area contributed by atoms with Gasteiger partial charge in [-0.25, -0.2) is 9.98 Å². The Morgan fingerprint density at radius 1 is 0.575 bits per heavy atom. The second-order valence-corrected chi connectivity index (χ2v) is 10.6. The van der Waals surface area contributed by atoms with Gasteiger partial charge in [0.1, 0.15) is 0 Å². The van der Waals surface area contributed by atoms with Crippen molar-refractivity contribution in [1.82, 2.24) is 15.4 Å². The average Bonchev–Trinajstić information content (AvgIpc) is 3.58. The third-order valence-corrected chi connectivity index (χ3v) is 8.14. The van der Waals surface area contributed by atoms with Gasteiger partial charge in [0.15, 0.2) is 0 Å². The van der Waals surface area contributed by atoms with E-state index in [-0.39, 0.29) is 0 Å². The van der Waals surface area contributed by atoms with E-state index in [1.807, 2.05) is 6.07 Å². The van der Waals surface area contributed by atoms with Gasteiger partial charge in [-0.3, -0.25) is 0 Å². The molecule has 0 spiro atoms. The molecule has 0 atom stereocenters. The van der Waals surface area contributed by atoms with Gasteiger partial charge in [-0.05, 0) is 77.4 Å². The van der Waals surface area contributed by atoms with Gasteiger partial charge in [0.25, 0.3) is 0 Å². The summed E-state index contributed by atoms with van der Waals surface area (Å²) in [5.41, 5.74) is 11.4. The summed E-state index contributed by atoms with van der Waals surface area (Å²) < 4.78 is 0. The standard InChI is InChI=1S/C35H31N5/c1-3-5-14-24-25(15-6-4-2)35-33(31(29-20-21-36-40-39-29)30(24)22-12-8-7-9-13-22)32-28(38-35)19-18-26-23-16-10-11-17-27(23)37-34(26)32/h7-13,16-21H,3-6,14-15H2,1-2H3. The van der Waals surface area contributed by atoms with Crippen molar-refractivity contribution >= 4 is 11.4 Å². The van der Waals surface area contributed by atoms with Gasteiger partial charge in [0.2, 0.25) is 0 Å². The largest absolute Gasteiger partial charge is 0.247 e. The topological polar surface area (TPSA) is 63.4 Å². The lowest BCUT2D eigenvalue weighted by molar-refractivity contribution is 0.760. The molecule has 5 aromatic rings. The van der Waals surface area contributed by atoms with E-state index in [1.54, 1.807) is 6.20 Å². The zero-order chi connectivity index (χ0) is 27.1. The van der Waals surface area contributed by atoms with Crippen molar-refractivity contribution in [3.05, 3.63) is 111 Å². The minimum Gasteiger partial charge on any atom is -0.247 e. The minimum absolute atomic E-state index is 0.820. The van der Waals surface area contributed by atoms with Crippen LogP contribution in [-0.2, 0) is 12.8 Å². The first-order chi connectivity index (χ1) is 19.8. The molecule has 0 amide bonds. The fraction of sp³-hybridized carbons (Fsp3) is 0.229. The van der Waals surface area contributed by atoms with Crippen LogP contribution in [-0.4, -0.2) is 15.4 Å². The fourth-order valence-corrected chi connectivity index (χ4v) is 6.31. The number of fused-ring (bicyclic) bond motifs is 6. The lowest BCUT2D eigenvalue weighted by Crippen LogP contribution is -2.05. The van der Waals surface area contributed by atoms with Crippen LogP contribution in [0.15, 0.2) is 89.0 Å². The van der Waals surface area contributed by atoms with E-state index in [1.165, 1.54) is 27.5 Å². The summed E-state index contributed by atoms with van der Waals surface area (Å²) in [5.74, 6) is 0.